The molecule has 0 spiro atoms. The summed E-state index contributed by atoms with van der Waals surface area (Å²) in [7, 11) is 1.35. The van der Waals surface area contributed by atoms with Crippen molar-refractivity contribution >= 4 is 36.2 Å². The van der Waals surface area contributed by atoms with Gasteiger partial charge in [0.1, 0.15) is 17.2 Å². The van der Waals surface area contributed by atoms with Crippen LogP contribution in [0.2, 0.25) is 0 Å². The molecule has 1 heterocycles. The van der Waals surface area contributed by atoms with Gasteiger partial charge in [-0.1, -0.05) is 42.5 Å². The smallest absolute Gasteiger partial charge is 0.464 e. The Balaban J connectivity index is 1.56. The van der Waals surface area contributed by atoms with Crippen molar-refractivity contribution < 1.29 is 28.8 Å². The standard InChI is InChI=1S/C25H26BN3O6/c1-29(2)24(30)19(15-27)13-18-7-5-6-17(12-18)10-11-34-25(31)28-23(26(32)33)14-20-16-35-22-9-4-3-8-21(20)22/h3-9,12-13,16,23,32-33H,10-11,14H2,1-2H3,(H,28,31)/t23-/m0/s1. The van der Waals surface area contributed by atoms with Gasteiger partial charge in [0.2, 0.25) is 0 Å². The molecule has 0 fully saturated rings. The molecule has 1 aromatic heterocycles. The van der Waals surface area contributed by atoms with Gasteiger partial charge in [0, 0.05) is 25.9 Å². The normalized spacial score (nSPS) is 12.0. The minimum absolute atomic E-state index is 0.0155. The number of nitriles is 1. The van der Waals surface area contributed by atoms with Gasteiger partial charge in [-0.15, -0.1) is 0 Å². The zero-order valence-corrected chi connectivity index (χ0v) is 19.5. The van der Waals surface area contributed by atoms with Gasteiger partial charge < -0.3 is 29.4 Å². The summed E-state index contributed by atoms with van der Waals surface area (Å²) in [6, 6.07) is 16.4. The maximum Gasteiger partial charge on any atom is 0.475 e. The van der Waals surface area contributed by atoms with E-state index in [1.54, 1.807) is 38.4 Å². The lowest BCUT2D eigenvalue weighted by atomic mass is 9.76. The number of nitrogens with one attached hydrogen (secondary N) is 1. The summed E-state index contributed by atoms with van der Waals surface area (Å²) in [6.07, 6.45) is 2.78. The van der Waals surface area contributed by atoms with Crippen molar-refractivity contribution in [2.24, 2.45) is 0 Å². The molecule has 0 saturated carbocycles. The molecule has 2 aromatic carbocycles. The predicted molar refractivity (Wildman–Crippen MR) is 131 cm³/mol. The molecule has 0 bridgehead atoms. The van der Waals surface area contributed by atoms with Crippen molar-refractivity contribution in [1.82, 2.24) is 10.2 Å². The summed E-state index contributed by atoms with van der Waals surface area (Å²) in [5.74, 6) is -1.38. The first-order valence-corrected chi connectivity index (χ1v) is 11.0. The molecule has 35 heavy (non-hydrogen) atoms. The van der Waals surface area contributed by atoms with Crippen LogP contribution in [0.15, 0.2) is 64.8 Å². The number of carbonyl (C=O) groups is 2. The molecule has 0 unspecified atom stereocenters. The van der Waals surface area contributed by atoms with Crippen LogP contribution in [0.4, 0.5) is 4.79 Å². The number of carbonyl (C=O) groups excluding carboxylic acids is 2. The van der Waals surface area contributed by atoms with Crippen LogP contribution in [0, 0.1) is 11.3 Å². The van der Waals surface area contributed by atoms with E-state index in [1.165, 1.54) is 17.2 Å². The number of fused-ring (bicyclic) bond motifs is 1. The molecular formula is C25H26BN3O6. The summed E-state index contributed by atoms with van der Waals surface area (Å²) in [5.41, 5.74) is 2.93. The van der Waals surface area contributed by atoms with Crippen molar-refractivity contribution in [2.75, 3.05) is 20.7 Å². The van der Waals surface area contributed by atoms with E-state index in [9.17, 15) is 24.9 Å². The minimum Gasteiger partial charge on any atom is -0.464 e. The zero-order valence-electron chi connectivity index (χ0n) is 19.5. The lowest BCUT2D eigenvalue weighted by molar-refractivity contribution is -0.124. The van der Waals surface area contributed by atoms with Crippen LogP contribution >= 0.6 is 0 Å². The highest BCUT2D eigenvalue weighted by Crippen LogP contribution is 2.22. The van der Waals surface area contributed by atoms with E-state index in [-0.39, 0.29) is 24.5 Å². The lowest BCUT2D eigenvalue weighted by Crippen LogP contribution is -2.48. The number of furan rings is 1. The van der Waals surface area contributed by atoms with Gasteiger partial charge in [0.25, 0.3) is 5.91 Å². The molecule has 0 radical (unpaired) electrons. The molecule has 3 N–H and O–H groups in total. The van der Waals surface area contributed by atoms with Crippen LogP contribution in [0.1, 0.15) is 16.7 Å². The van der Waals surface area contributed by atoms with Crippen LogP contribution < -0.4 is 5.32 Å². The number of likely N-dealkylation sites (N-methyl/N-ethyl adjacent to an activating group) is 1. The number of para-hydroxylation sites is 1. The monoisotopic (exact) mass is 475 g/mol. The number of rotatable bonds is 9. The molecule has 0 aliphatic carbocycles. The van der Waals surface area contributed by atoms with Crippen LogP contribution in [-0.4, -0.2) is 60.7 Å². The topological polar surface area (TPSA) is 136 Å². The third-order valence-electron chi connectivity index (χ3n) is 5.31. The minimum atomic E-state index is -1.79. The molecule has 1 atom stereocenters. The third kappa shape index (κ3) is 6.96. The molecule has 10 heteroatoms. The highest BCUT2D eigenvalue weighted by Gasteiger charge is 2.27. The Morgan fingerprint density at radius 3 is 2.71 bits per heavy atom. The maximum absolute atomic E-state index is 12.3. The molecule has 3 aromatic rings. The number of hydrogen-bond acceptors (Lipinski definition) is 7. The van der Waals surface area contributed by atoms with Crippen molar-refractivity contribution in [3.05, 3.63) is 77.1 Å². The lowest BCUT2D eigenvalue weighted by Gasteiger charge is -2.17. The average Bonchev–Trinajstić information content (AvgIpc) is 3.24. The molecule has 0 saturated heterocycles. The SMILES string of the molecule is CN(C)C(=O)C(C#N)=Cc1cccc(CCOC(=O)N[C@@H](Cc2coc3ccccc23)B(O)O)c1. The Morgan fingerprint density at radius 1 is 1.23 bits per heavy atom. The van der Waals surface area contributed by atoms with Crippen LogP contribution in [-0.2, 0) is 22.4 Å². The van der Waals surface area contributed by atoms with Gasteiger partial charge in [-0.3, -0.25) is 4.79 Å². The van der Waals surface area contributed by atoms with Gasteiger partial charge in [-0.2, -0.15) is 5.26 Å². The quantitative estimate of drug-likeness (QED) is 0.246. The number of alkyl carbamates (subject to hydrolysis) is 1. The van der Waals surface area contributed by atoms with E-state index >= 15 is 0 Å². The fourth-order valence-electron chi connectivity index (χ4n) is 3.50. The summed E-state index contributed by atoms with van der Waals surface area (Å²) in [4.78, 5) is 25.6. The van der Waals surface area contributed by atoms with E-state index in [1.807, 2.05) is 30.3 Å². The Labute approximate surface area is 203 Å². The van der Waals surface area contributed by atoms with Crippen molar-refractivity contribution in [1.29, 1.82) is 5.26 Å². The molecule has 0 aliphatic rings. The van der Waals surface area contributed by atoms with Crippen LogP contribution in [0.25, 0.3) is 17.0 Å². The van der Waals surface area contributed by atoms with E-state index in [0.717, 1.165) is 16.5 Å². The van der Waals surface area contributed by atoms with E-state index < -0.39 is 19.2 Å². The third-order valence-corrected chi connectivity index (χ3v) is 5.31. The largest absolute Gasteiger partial charge is 0.475 e. The second-order valence-electron chi connectivity index (χ2n) is 8.13. The van der Waals surface area contributed by atoms with Gasteiger partial charge in [0.05, 0.1) is 18.8 Å². The first-order valence-electron chi connectivity index (χ1n) is 11.0. The van der Waals surface area contributed by atoms with Gasteiger partial charge in [-0.25, -0.2) is 4.79 Å². The number of nitrogens with zero attached hydrogens (tertiary/aromatic N) is 2. The number of hydrogen-bond donors (Lipinski definition) is 3. The Bertz CT molecular complexity index is 1260. The van der Waals surface area contributed by atoms with Crippen molar-refractivity contribution in [2.45, 2.75) is 18.8 Å². The average molecular weight is 475 g/mol. The highest BCUT2D eigenvalue weighted by molar-refractivity contribution is 6.43. The second kappa shape index (κ2) is 11.9. The van der Waals surface area contributed by atoms with Gasteiger partial charge in [0.15, 0.2) is 0 Å². The van der Waals surface area contributed by atoms with Crippen molar-refractivity contribution in [3.63, 3.8) is 0 Å². The molecule has 9 nitrogen and oxygen atoms in total. The maximum atomic E-state index is 12.3. The Kier molecular flexibility index (Phi) is 8.67. The first kappa shape index (κ1) is 25.6. The molecule has 3 rings (SSSR count). The second-order valence-corrected chi connectivity index (χ2v) is 8.13. The predicted octanol–water partition coefficient (Wildman–Crippen LogP) is 2.32. The van der Waals surface area contributed by atoms with Gasteiger partial charge >= 0.3 is 13.2 Å². The zero-order chi connectivity index (χ0) is 25.4. The fraction of sp³-hybridized carbons (Fsp3) is 0.240. The van der Waals surface area contributed by atoms with Crippen molar-refractivity contribution in [3.8, 4) is 6.07 Å². The summed E-state index contributed by atoms with van der Waals surface area (Å²) >= 11 is 0. The molecular weight excluding hydrogens is 449 g/mol. The van der Waals surface area contributed by atoms with Crippen LogP contribution in [0.5, 0.6) is 0 Å². The number of benzene rings is 2. The Hall–Kier alpha value is -4.07. The fourth-order valence-corrected chi connectivity index (χ4v) is 3.50. The highest BCUT2D eigenvalue weighted by atomic mass is 16.5. The van der Waals surface area contributed by atoms with E-state index in [2.05, 4.69) is 5.32 Å². The summed E-state index contributed by atoms with van der Waals surface area (Å²) in [5, 5.41) is 32.0. The van der Waals surface area contributed by atoms with E-state index in [4.69, 9.17) is 9.15 Å². The number of amides is 2. The Morgan fingerprint density at radius 2 is 2.00 bits per heavy atom. The number of ether oxygens (including phenoxy) is 1. The summed E-state index contributed by atoms with van der Waals surface area (Å²) in [6.45, 7) is 0.0453. The van der Waals surface area contributed by atoms with Crippen LogP contribution in [0.3, 0.4) is 0 Å². The molecule has 2 amide bonds. The molecule has 0 aliphatic heterocycles. The van der Waals surface area contributed by atoms with Gasteiger partial charge in [-0.05, 0) is 35.3 Å². The summed E-state index contributed by atoms with van der Waals surface area (Å²) < 4.78 is 10.7. The first-order chi connectivity index (χ1) is 16.8. The van der Waals surface area contributed by atoms with E-state index in [0.29, 0.717) is 17.6 Å². The molecule has 180 valence electrons.